The molecule has 9 heteroatoms. The van der Waals surface area contributed by atoms with Gasteiger partial charge in [0.25, 0.3) is 0 Å². The fourth-order valence-electron chi connectivity index (χ4n) is 2.48. The fraction of sp³-hybridized carbons (Fsp3) is 0.286. The van der Waals surface area contributed by atoms with Crippen molar-refractivity contribution in [1.82, 2.24) is 10.6 Å². The van der Waals surface area contributed by atoms with Gasteiger partial charge in [-0.15, -0.1) is 0 Å². The zero-order chi connectivity index (χ0) is 21.8. The topological polar surface area (TPSA) is 111 Å². The quantitative estimate of drug-likeness (QED) is 0.554. The van der Waals surface area contributed by atoms with Crippen molar-refractivity contribution < 1.29 is 28.1 Å². The molecule has 2 N–H and O–H groups in total. The first-order valence-corrected chi connectivity index (χ1v) is 10.6. The lowest BCUT2D eigenvalue weighted by molar-refractivity contribution is -0.145. The van der Waals surface area contributed by atoms with Crippen molar-refractivity contribution in [3.05, 3.63) is 66.2 Å². The summed E-state index contributed by atoms with van der Waals surface area (Å²) in [5, 5.41) is 4.81. The predicted octanol–water partition coefficient (Wildman–Crippen LogP) is 1.77. The number of hydrogen-bond donors (Lipinski definition) is 2. The molecule has 0 heterocycles. The molecule has 0 fully saturated rings. The third-order valence-corrected chi connectivity index (χ3v) is 5.43. The summed E-state index contributed by atoms with van der Waals surface area (Å²) in [6.07, 6.45) is -0.632. The van der Waals surface area contributed by atoms with Crippen LogP contribution < -0.4 is 10.6 Å². The Balaban J connectivity index is 1.77. The minimum Gasteiger partial charge on any atom is -0.467 e. The zero-order valence-electron chi connectivity index (χ0n) is 16.5. The van der Waals surface area contributed by atoms with E-state index in [2.05, 4.69) is 10.6 Å². The van der Waals surface area contributed by atoms with Crippen LogP contribution in [0.5, 0.6) is 0 Å². The molecule has 0 aliphatic heterocycles. The molecule has 0 bridgehead atoms. The minimum absolute atomic E-state index is 0.0738. The van der Waals surface area contributed by atoms with E-state index in [1.54, 1.807) is 36.4 Å². The highest BCUT2D eigenvalue weighted by Crippen LogP contribution is 2.08. The molecule has 0 unspecified atom stereocenters. The number of alkyl carbamates (subject to hydrolysis) is 1. The van der Waals surface area contributed by atoms with Gasteiger partial charge in [0.05, 0.1) is 17.9 Å². The zero-order valence-corrected chi connectivity index (χ0v) is 17.4. The van der Waals surface area contributed by atoms with Crippen LogP contribution >= 0.6 is 0 Å². The molecule has 0 aliphatic carbocycles. The monoisotopic (exact) mass is 432 g/mol. The van der Waals surface area contributed by atoms with Gasteiger partial charge in [0, 0.05) is 10.6 Å². The van der Waals surface area contributed by atoms with Crippen LogP contribution in [0.3, 0.4) is 0 Å². The van der Waals surface area contributed by atoms with Crippen LogP contribution in [0.1, 0.15) is 12.0 Å². The largest absolute Gasteiger partial charge is 0.467 e. The molecule has 2 rings (SSSR count). The molecule has 0 aromatic heterocycles. The van der Waals surface area contributed by atoms with Gasteiger partial charge in [0.1, 0.15) is 19.2 Å². The summed E-state index contributed by atoms with van der Waals surface area (Å²) < 4.78 is 22.0. The van der Waals surface area contributed by atoms with Gasteiger partial charge in [-0.1, -0.05) is 48.5 Å². The molecule has 30 heavy (non-hydrogen) atoms. The number of hydrogen-bond acceptors (Lipinski definition) is 6. The highest BCUT2D eigenvalue weighted by molar-refractivity contribution is 7.85. The number of carbonyl (C=O) groups excluding carboxylic acids is 3. The number of benzene rings is 2. The van der Waals surface area contributed by atoms with Gasteiger partial charge in [0.15, 0.2) is 0 Å². The summed E-state index contributed by atoms with van der Waals surface area (Å²) in [6, 6.07) is 16.9. The van der Waals surface area contributed by atoms with E-state index in [0.717, 1.165) is 5.56 Å². The van der Waals surface area contributed by atoms with Gasteiger partial charge < -0.3 is 20.1 Å². The number of methoxy groups -OCH3 is 1. The Hall–Kier alpha value is -3.20. The molecule has 0 radical (unpaired) electrons. The van der Waals surface area contributed by atoms with Crippen LogP contribution in [0, 0.1) is 0 Å². The van der Waals surface area contributed by atoms with E-state index in [1.807, 2.05) is 24.3 Å². The van der Waals surface area contributed by atoms with Gasteiger partial charge in [-0.05, 0) is 24.1 Å². The fourth-order valence-corrected chi connectivity index (χ4v) is 3.62. The lowest BCUT2D eigenvalue weighted by Gasteiger charge is -2.16. The summed E-state index contributed by atoms with van der Waals surface area (Å²) in [6.45, 7) is -0.298. The molecule has 2 amide bonds. The SMILES string of the molecule is COC(=O)[C@@H](CC[S@](=O)c1ccccc1)NC(=O)CNC(=O)OCc1ccccc1. The van der Waals surface area contributed by atoms with E-state index in [-0.39, 0.29) is 25.3 Å². The summed E-state index contributed by atoms with van der Waals surface area (Å²) in [5.74, 6) is -1.08. The highest BCUT2D eigenvalue weighted by Gasteiger charge is 2.22. The number of amides is 2. The van der Waals surface area contributed by atoms with Gasteiger partial charge in [-0.25, -0.2) is 9.59 Å². The van der Waals surface area contributed by atoms with E-state index in [1.165, 1.54) is 7.11 Å². The molecule has 0 saturated heterocycles. The Labute approximate surface area is 177 Å². The summed E-state index contributed by atoms with van der Waals surface area (Å²) in [5.41, 5.74) is 0.814. The smallest absolute Gasteiger partial charge is 0.407 e. The van der Waals surface area contributed by atoms with Crippen LogP contribution in [0.25, 0.3) is 0 Å². The highest BCUT2D eigenvalue weighted by atomic mass is 32.2. The molecular weight excluding hydrogens is 408 g/mol. The first-order chi connectivity index (χ1) is 14.5. The average Bonchev–Trinajstić information content (AvgIpc) is 2.79. The van der Waals surface area contributed by atoms with Crippen molar-refractivity contribution in [3.8, 4) is 0 Å². The predicted molar refractivity (Wildman–Crippen MR) is 111 cm³/mol. The van der Waals surface area contributed by atoms with Crippen molar-refractivity contribution in [2.45, 2.75) is 24.0 Å². The number of carbonyl (C=O) groups is 3. The van der Waals surface area contributed by atoms with E-state index >= 15 is 0 Å². The van der Waals surface area contributed by atoms with Crippen LogP contribution in [0.2, 0.25) is 0 Å². The molecule has 2 aromatic carbocycles. The van der Waals surface area contributed by atoms with E-state index < -0.39 is 34.8 Å². The number of esters is 1. The normalized spacial score (nSPS) is 12.3. The standard InChI is InChI=1S/C21H24N2O6S/c1-28-20(25)18(12-13-30(27)17-10-6-3-7-11-17)23-19(24)14-22-21(26)29-15-16-8-4-2-5-9-16/h2-11,18H,12-15H2,1H3,(H,22,26)(H,23,24)/t18-,30+/m1/s1. The van der Waals surface area contributed by atoms with E-state index in [9.17, 15) is 18.6 Å². The Morgan fingerprint density at radius 3 is 2.27 bits per heavy atom. The molecule has 2 atom stereocenters. The van der Waals surface area contributed by atoms with Gasteiger partial charge >= 0.3 is 12.1 Å². The van der Waals surface area contributed by atoms with Gasteiger partial charge in [-0.2, -0.15) is 0 Å². The van der Waals surface area contributed by atoms with Crippen molar-refractivity contribution >= 4 is 28.8 Å². The lowest BCUT2D eigenvalue weighted by atomic mass is 10.2. The average molecular weight is 432 g/mol. The Morgan fingerprint density at radius 1 is 1.00 bits per heavy atom. The van der Waals surface area contributed by atoms with Gasteiger partial charge in [-0.3, -0.25) is 9.00 Å². The summed E-state index contributed by atoms with van der Waals surface area (Å²) in [7, 11) is -0.115. The van der Waals surface area contributed by atoms with Crippen molar-refractivity contribution in [3.63, 3.8) is 0 Å². The second kappa shape index (κ2) is 12.4. The van der Waals surface area contributed by atoms with Crippen molar-refractivity contribution in [2.75, 3.05) is 19.4 Å². The molecule has 0 saturated carbocycles. The molecule has 160 valence electrons. The maximum atomic E-state index is 12.3. The van der Waals surface area contributed by atoms with Gasteiger partial charge in [0.2, 0.25) is 5.91 Å². The lowest BCUT2D eigenvalue weighted by Crippen LogP contribution is -2.46. The van der Waals surface area contributed by atoms with Crippen LogP contribution in [-0.2, 0) is 36.5 Å². The van der Waals surface area contributed by atoms with Crippen LogP contribution in [0.4, 0.5) is 4.79 Å². The van der Waals surface area contributed by atoms with Crippen molar-refractivity contribution in [2.24, 2.45) is 0 Å². The Bertz CT molecular complexity index is 860. The maximum Gasteiger partial charge on any atom is 0.407 e. The van der Waals surface area contributed by atoms with Crippen LogP contribution in [0.15, 0.2) is 65.6 Å². The molecule has 2 aromatic rings. The first kappa shape index (κ1) is 23.1. The molecule has 0 aliphatic rings. The Kier molecular flexibility index (Phi) is 9.53. The molecule has 0 spiro atoms. The second-order valence-corrected chi connectivity index (χ2v) is 7.78. The number of rotatable bonds is 10. The van der Waals surface area contributed by atoms with E-state index in [4.69, 9.17) is 9.47 Å². The Morgan fingerprint density at radius 2 is 1.63 bits per heavy atom. The maximum absolute atomic E-state index is 12.3. The third kappa shape index (κ3) is 8.04. The molecule has 8 nitrogen and oxygen atoms in total. The summed E-state index contributed by atoms with van der Waals surface area (Å²) >= 11 is 0. The first-order valence-electron chi connectivity index (χ1n) is 9.24. The van der Waals surface area contributed by atoms with Crippen molar-refractivity contribution in [1.29, 1.82) is 0 Å². The second-order valence-electron chi connectivity index (χ2n) is 6.21. The molecular formula is C21H24N2O6S. The number of nitrogens with one attached hydrogen (secondary N) is 2. The summed E-state index contributed by atoms with van der Waals surface area (Å²) in [4.78, 5) is 36.4. The number of ether oxygens (including phenoxy) is 2. The van der Waals surface area contributed by atoms with Crippen LogP contribution in [-0.4, -0.2) is 47.6 Å². The minimum atomic E-state index is -1.32. The third-order valence-electron chi connectivity index (χ3n) is 4.02. The van der Waals surface area contributed by atoms with E-state index in [0.29, 0.717) is 4.90 Å².